The zero-order valence-electron chi connectivity index (χ0n) is 17.4. The second-order valence-electron chi connectivity index (χ2n) is 9.26. The third-order valence-electron chi connectivity index (χ3n) is 6.12. The Morgan fingerprint density at radius 1 is 1.32 bits per heavy atom. The summed E-state index contributed by atoms with van der Waals surface area (Å²) >= 11 is 0. The van der Waals surface area contributed by atoms with Crippen LogP contribution in [0.2, 0.25) is 0 Å². The molecule has 1 saturated heterocycles. The molecule has 1 aliphatic heterocycles. The van der Waals surface area contributed by atoms with E-state index in [1.807, 2.05) is 27.8 Å². The van der Waals surface area contributed by atoms with Gasteiger partial charge in [0.2, 0.25) is 0 Å². The van der Waals surface area contributed by atoms with Crippen LogP contribution in [0, 0.1) is 11.8 Å². The minimum atomic E-state index is -0.471. The van der Waals surface area contributed by atoms with Gasteiger partial charge in [-0.1, -0.05) is 24.3 Å². The number of likely N-dealkylation sites (tertiary alicyclic amines) is 1. The number of benzene rings is 1. The van der Waals surface area contributed by atoms with Crippen molar-refractivity contribution >= 4 is 12.1 Å². The number of rotatable bonds is 3. The monoisotopic (exact) mass is 384 g/mol. The molecule has 0 bridgehead atoms. The summed E-state index contributed by atoms with van der Waals surface area (Å²) in [6.07, 6.45) is 1.78. The highest BCUT2D eigenvalue weighted by atomic mass is 16.6. The van der Waals surface area contributed by atoms with Crippen LogP contribution in [0.4, 0.5) is 4.79 Å². The largest absolute Gasteiger partial charge is 0.444 e. The Kier molecular flexibility index (Phi) is 4.98. The smallest absolute Gasteiger partial charge is 0.407 e. The molecule has 6 nitrogen and oxygen atoms in total. The number of guanidine groups is 1. The Morgan fingerprint density at radius 3 is 2.86 bits per heavy atom. The number of alkyl carbamates (subject to hydrolysis) is 1. The quantitative estimate of drug-likeness (QED) is 0.621. The van der Waals surface area contributed by atoms with Crippen molar-refractivity contribution in [3.63, 3.8) is 0 Å². The first-order valence-corrected chi connectivity index (χ1v) is 10.4. The van der Waals surface area contributed by atoms with Crippen LogP contribution in [0.3, 0.4) is 0 Å². The first kappa shape index (κ1) is 19.1. The van der Waals surface area contributed by atoms with Crippen molar-refractivity contribution in [2.45, 2.75) is 51.2 Å². The van der Waals surface area contributed by atoms with E-state index in [9.17, 15) is 4.79 Å². The summed E-state index contributed by atoms with van der Waals surface area (Å²) in [6.45, 7) is 8.26. The van der Waals surface area contributed by atoms with Crippen molar-refractivity contribution in [1.29, 1.82) is 0 Å². The van der Waals surface area contributed by atoms with Gasteiger partial charge >= 0.3 is 6.09 Å². The van der Waals surface area contributed by atoms with Gasteiger partial charge in [0.1, 0.15) is 5.60 Å². The lowest BCUT2D eigenvalue weighted by atomic mass is 10.0. The SMILES string of the molecule is CN=C(NCC1C2Cc3ccccc3C12)N1CC[C@@H](NC(=O)OC(C)(C)C)C1. The van der Waals surface area contributed by atoms with E-state index < -0.39 is 5.60 Å². The average Bonchev–Trinajstić information content (AvgIpc) is 2.95. The number of nitrogens with one attached hydrogen (secondary N) is 2. The highest BCUT2D eigenvalue weighted by molar-refractivity contribution is 5.80. The lowest BCUT2D eigenvalue weighted by Crippen LogP contribution is -2.44. The molecule has 28 heavy (non-hydrogen) atoms. The Balaban J connectivity index is 1.24. The van der Waals surface area contributed by atoms with Crippen molar-refractivity contribution in [3.8, 4) is 0 Å². The lowest BCUT2D eigenvalue weighted by molar-refractivity contribution is 0.0507. The predicted molar refractivity (Wildman–Crippen MR) is 111 cm³/mol. The molecule has 3 aliphatic rings. The Labute approximate surface area is 167 Å². The molecule has 1 saturated carbocycles. The van der Waals surface area contributed by atoms with Crippen LogP contribution in [0.1, 0.15) is 44.2 Å². The van der Waals surface area contributed by atoms with Gasteiger partial charge < -0.3 is 20.3 Å². The maximum atomic E-state index is 12.0. The van der Waals surface area contributed by atoms with E-state index in [-0.39, 0.29) is 12.1 Å². The molecule has 0 spiro atoms. The van der Waals surface area contributed by atoms with Crippen LogP contribution in [-0.4, -0.2) is 55.3 Å². The average molecular weight is 385 g/mol. The van der Waals surface area contributed by atoms with Crippen molar-refractivity contribution in [2.75, 3.05) is 26.7 Å². The summed E-state index contributed by atoms with van der Waals surface area (Å²) in [5, 5.41) is 6.56. The molecule has 1 amide bonds. The van der Waals surface area contributed by atoms with E-state index >= 15 is 0 Å². The first-order valence-electron chi connectivity index (χ1n) is 10.4. The van der Waals surface area contributed by atoms with Crippen LogP contribution >= 0.6 is 0 Å². The van der Waals surface area contributed by atoms with E-state index in [0.717, 1.165) is 43.9 Å². The van der Waals surface area contributed by atoms with Gasteiger partial charge in [-0.2, -0.15) is 0 Å². The van der Waals surface area contributed by atoms with Crippen molar-refractivity contribution < 1.29 is 9.53 Å². The van der Waals surface area contributed by atoms with E-state index in [4.69, 9.17) is 4.74 Å². The van der Waals surface area contributed by atoms with Gasteiger partial charge in [0.25, 0.3) is 0 Å². The summed E-state index contributed by atoms with van der Waals surface area (Å²) in [6, 6.07) is 8.97. The topological polar surface area (TPSA) is 66.0 Å². The third kappa shape index (κ3) is 3.96. The van der Waals surface area contributed by atoms with Gasteiger partial charge in [0, 0.05) is 26.7 Å². The summed E-state index contributed by atoms with van der Waals surface area (Å²) in [7, 11) is 1.83. The second kappa shape index (κ2) is 7.30. The molecule has 0 radical (unpaired) electrons. The van der Waals surface area contributed by atoms with Gasteiger partial charge in [-0.15, -0.1) is 0 Å². The van der Waals surface area contributed by atoms with E-state index in [1.54, 1.807) is 5.56 Å². The van der Waals surface area contributed by atoms with Crippen molar-refractivity contribution in [2.24, 2.45) is 16.8 Å². The van der Waals surface area contributed by atoms with Crippen LogP contribution in [0.15, 0.2) is 29.3 Å². The predicted octanol–water partition coefficient (Wildman–Crippen LogP) is 2.75. The normalized spacial score (nSPS) is 28.6. The van der Waals surface area contributed by atoms with Crippen LogP contribution in [-0.2, 0) is 11.2 Å². The number of nitrogens with zero attached hydrogens (tertiary/aromatic N) is 2. The summed E-state index contributed by atoms with van der Waals surface area (Å²) in [5.41, 5.74) is 2.62. The standard InChI is InChI=1S/C22H32N4O2/c1-22(2,3)28-21(27)25-15-9-10-26(13-15)20(23-4)24-12-18-17-11-14-7-5-6-8-16(14)19(17)18/h5-8,15,17-19H,9-13H2,1-4H3,(H,23,24)(H,25,27)/t15-,17?,18?,19?/m1/s1. The zero-order valence-corrected chi connectivity index (χ0v) is 17.4. The molecule has 2 N–H and O–H groups in total. The lowest BCUT2D eigenvalue weighted by Gasteiger charge is -2.23. The number of hydrogen-bond donors (Lipinski definition) is 2. The summed E-state index contributed by atoms with van der Waals surface area (Å²) in [5.74, 6) is 3.17. The number of hydrogen-bond acceptors (Lipinski definition) is 3. The Hall–Kier alpha value is -2.24. The van der Waals surface area contributed by atoms with Gasteiger partial charge in [-0.3, -0.25) is 4.99 Å². The van der Waals surface area contributed by atoms with Gasteiger partial charge in [-0.05, 0) is 62.5 Å². The highest BCUT2D eigenvalue weighted by Crippen LogP contribution is 2.60. The number of carbonyl (C=O) groups is 1. The highest BCUT2D eigenvalue weighted by Gasteiger charge is 2.55. The summed E-state index contributed by atoms with van der Waals surface area (Å²) < 4.78 is 5.37. The fourth-order valence-electron chi connectivity index (χ4n) is 4.85. The molecule has 2 fully saturated rings. The molecule has 152 valence electrons. The zero-order chi connectivity index (χ0) is 19.9. The van der Waals surface area contributed by atoms with Crippen molar-refractivity contribution in [1.82, 2.24) is 15.5 Å². The van der Waals surface area contributed by atoms with E-state index in [2.05, 4.69) is 44.8 Å². The maximum absolute atomic E-state index is 12.0. The van der Waals surface area contributed by atoms with Crippen molar-refractivity contribution in [3.05, 3.63) is 35.4 Å². The first-order chi connectivity index (χ1) is 13.4. The minimum Gasteiger partial charge on any atom is -0.444 e. The van der Waals surface area contributed by atoms with Gasteiger partial charge in [0.05, 0.1) is 6.04 Å². The maximum Gasteiger partial charge on any atom is 0.407 e. The fraction of sp³-hybridized carbons (Fsp3) is 0.636. The molecule has 1 aromatic carbocycles. The minimum absolute atomic E-state index is 0.0978. The summed E-state index contributed by atoms with van der Waals surface area (Å²) in [4.78, 5) is 18.7. The fourth-order valence-corrected chi connectivity index (χ4v) is 4.85. The molecular formula is C22H32N4O2. The molecule has 3 unspecified atom stereocenters. The van der Waals surface area contributed by atoms with E-state index in [1.165, 1.54) is 12.0 Å². The number of ether oxygens (including phenoxy) is 1. The Bertz CT molecular complexity index is 770. The number of aliphatic imine (C=N–C) groups is 1. The number of fused-ring (bicyclic) bond motifs is 3. The van der Waals surface area contributed by atoms with Gasteiger partial charge in [0.15, 0.2) is 5.96 Å². The Morgan fingerprint density at radius 2 is 2.11 bits per heavy atom. The molecule has 1 aromatic rings. The number of amides is 1. The molecule has 1 heterocycles. The molecule has 2 aliphatic carbocycles. The third-order valence-corrected chi connectivity index (χ3v) is 6.12. The van der Waals surface area contributed by atoms with Crippen LogP contribution in [0.25, 0.3) is 0 Å². The van der Waals surface area contributed by atoms with Crippen LogP contribution in [0.5, 0.6) is 0 Å². The molecular weight excluding hydrogens is 352 g/mol. The number of carbonyl (C=O) groups excluding carboxylic acids is 1. The molecule has 0 aromatic heterocycles. The van der Waals surface area contributed by atoms with Crippen LogP contribution < -0.4 is 10.6 Å². The van der Waals surface area contributed by atoms with E-state index in [0.29, 0.717) is 5.92 Å². The molecule has 6 heteroatoms. The molecule has 4 atom stereocenters. The molecule has 4 rings (SSSR count). The van der Waals surface area contributed by atoms with Gasteiger partial charge in [-0.25, -0.2) is 4.79 Å². The second-order valence-corrected chi connectivity index (χ2v) is 9.26.